The SMILES string of the molecule is C=C1C(c2ccc(Br)cc2)=CC(=O)N1c1ccc(OC)cc1. The van der Waals surface area contributed by atoms with E-state index in [4.69, 9.17) is 4.74 Å². The predicted octanol–water partition coefficient (Wildman–Crippen LogP) is 4.40. The number of hydrogen-bond acceptors (Lipinski definition) is 2. The van der Waals surface area contributed by atoms with Gasteiger partial charge >= 0.3 is 0 Å². The van der Waals surface area contributed by atoms with Crippen molar-refractivity contribution in [3.8, 4) is 5.75 Å². The van der Waals surface area contributed by atoms with Crippen molar-refractivity contribution in [2.45, 2.75) is 0 Å². The molecule has 1 aliphatic heterocycles. The number of ether oxygens (including phenoxy) is 1. The maximum absolute atomic E-state index is 12.3. The lowest BCUT2D eigenvalue weighted by molar-refractivity contribution is -0.113. The number of carbonyl (C=O) groups is 1. The highest BCUT2D eigenvalue weighted by Gasteiger charge is 2.27. The molecule has 4 heteroatoms. The second-order valence-corrected chi connectivity index (χ2v) is 5.80. The molecule has 1 aliphatic rings. The zero-order valence-electron chi connectivity index (χ0n) is 12.0. The number of anilines is 1. The van der Waals surface area contributed by atoms with Crippen LogP contribution in [-0.2, 0) is 4.79 Å². The number of rotatable bonds is 3. The van der Waals surface area contributed by atoms with Crippen molar-refractivity contribution in [1.82, 2.24) is 0 Å². The fourth-order valence-electron chi connectivity index (χ4n) is 2.42. The number of methoxy groups -OCH3 is 1. The van der Waals surface area contributed by atoms with Gasteiger partial charge in [0.2, 0.25) is 0 Å². The van der Waals surface area contributed by atoms with Crippen LogP contribution in [0.15, 0.2) is 71.4 Å². The van der Waals surface area contributed by atoms with Crippen LogP contribution in [0.1, 0.15) is 5.56 Å². The van der Waals surface area contributed by atoms with Gasteiger partial charge in [0.05, 0.1) is 12.8 Å². The number of amides is 1. The van der Waals surface area contributed by atoms with Gasteiger partial charge in [0.15, 0.2) is 0 Å². The zero-order valence-corrected chi connectivity index (χ0v) is 13.6. The molecule has 3 rings (SSSR count). The van der Waals surface area contributed by atoms with Gasteiger partial charge in [-0.2, -0.15) is 0 Å². The van der Waals surface area contributed by atoms with E-state index in [9.17, 15) is 4.79 Å². The summed E-state index contributed by atoms with van der Waals surface area (Å²) in [6.45, 7) is 4.08. The minimum atomic E-state index is -0.0897. The van der Waals surface area contributed by atoms with E-state index in [0.29, 0.717) is 5.70 Å². The molecule has 110 valence electrons. The molecule has 2 aromatic carbocycles. The molecule has 0 radical (unpaired) electrons. The minimum absolute atomic E-state index is 0.0897. The van der Waals surface area contributed by atoms with Crippen molar-refractivity contribution in [2.24, 2.45) is 0 Å². The number of hydrogen-bond donors (Lipinski definition) is 0. The average molecular weight is 356 g/mol. The molecule has 0 unspecified atom stereocenters. The second kappa shape index (κ2) is 5.81. The van der Waals surface area contributed by atoms with Gasteiger partial charge in [-0.15, -0.1) is 0 Å². The summed E-state index contributed by atoms with van der Waals surface area (Å²) < 4.78 is 6.14. The molecule has 0 aliphatic carbocycles. The van der Waals surface area contributed by atoms with E-state index in [-0.39, 0.29) is 5.91 Å². The van der Waals surface area contributed by atoms with Crippen LogP contribution < -0.4 is 9.64 Å². The fraction of sp³-hybridized carbons (Fsp3) is 0.0556. The number of halogens is 1. The molecular weight excluding hydrogens is 342 g/mol. The molecule has 3 nitrogen and oxygen atoms in total. The highest BCUT2D eigenvalue weighted by Crippen LogP contribution is 2.35. The second-order valence-electron chi connectivity index (χ2n) is 4.88. The third kappa shape index (κ3) is 2.57. The molecule has 0 aromatic heterocycles. The predicted molar refractivity (Wildman–Crippen MR) is 91.7 cm³/mol. The summed E-state index contributed by atoms with van der Waals surface area (Å²) in [6.07, 6.45) is 1.62. The van der Waals surface area contributed by atoms with Crippen LogP contribution in [0, 0.1) is 0 Å². The van der Waals surface area contributed by atoms with Crippen molar-refractivity contribution in [3.05, 3.63) is 76.9 Å². The summed E-state index contributed by atoms with van der Waals surface area (Å²) in [5.41, 5.74) is 3.27. The Morgan fingerprint density at radius 1 is 1.05 bits per heavy atom. The molecule has 0 atom stereocenters. The van der Waals surface area contributed by atoms with Crippen molar-refractivity contribution < 1.29 is 9.53 Å². The molecule has 22 heavy (non-hydrogen) atoms. The maximum atomic E-state index is 12.3. The molecule has 2 aromatic rings. The first kappa shape index (κ1) is 14.6. The number of benzene rings is 2. The van der Waals surface area contributed by atoms with E-state index in [0.717, 1.165) is 27.0 Å². The van der Waals surface area contributed by atoms with E-state index in [1.807, 2.05) is 48.5 Å². The van der Waals surface area contributed by atoms with Crippen LogP contribution in [-0.4, -0.2) is 13.0 Å². The van der Waals surface area contributed by atoms with Gasteiger partial charge in [-0.1, -0.05) is 34.6 Å². The summed E-state index contributed by atoms with van der Waals surface area (Å²) in [4.78, 5) is 13.9. The topological polar surface area (TPSA) is 29.5 Å². The summed E-state index contributed by atoms with van der Waals surface area (Å²) in [6, 6.07) is 15.2. The number of carbonyl (C=O) groups excluding carboxylic acids is 1. The van der Waals surface area contributed by atoms with Crippen LogP contribution in [0.5, 0.6) is 5.75 Å². The van der Waals surface area contributed by atoms with Crippen molar-refractivity contribution in [3.63, 3.8) is 0 Å². The van der Waals surface area contributed by atoms with E-state index < -0.39 is 0 Å². The van der Waals surface area contributed by atoms with Crippen molar-refractivity contribution >= 4 is 33.1 Å². The van der Waals surface area contributed by atoms with Crippen molar-refractivity contribution in [1.29, 1.82) is 0 Å². The zero-order chi connectivity index (χ0) is 15.7. The van der Waals surface area contributed by atoms with Gasteiger partial charge in [-0.25, -0.2) is 0 Å². The Labute approximate surface area is 137 Å². The largest absolute Gasteiger partial charge is 0.497 e. The molecular formula is C18H14BrNO2. The van der Waals surface area contributed by atoms with Crippen LogP contribution in [0.3, 0.4) is 0 Å². The van der Waals surface area contributed by atoms with E-state index in [2.05, 4.69) is 22.5 Å². The average Bonchev–Trinajstić information content (AvgIpc) is 2.83. The van der Waals surface area contributed by atoms with E-state index in [1.165, 1.54) is 0 Å². The normalized spacial score (nSPS) is 14.3. The Hall–Kier alpha value is -2.33. The van der Waals surface area contributed by atoms with Crippen LogP contribution >= 0.6 is 15.9 Å². The lowest BCUT2D eigenvalue weighted by atomic mass is 10.0. The van der Waals surface area contributed by atoms with Crippen LogP contribution in [0.2, 0.25) is 0 Å². The van der Waals surface area contributed by atoms with Gasteiger partial charge in [-0.05, 0) is 42.0 Å². The van der Waals surface area contributed by atoms with Crippen molar-refractivity contribution in [2.75, 3.05) is 12.0 Å². The molecule has 0 saturated carbocycles. The van der Waals surface area contributed by atoms with E-state index in [1.54, 1.807) is 18.1 Å². The number of nitrogens with zero attached hydrogens (tertiary/aromatic N) is 1. The first-order valence-electron chi connectivity index (χ1n) is 6.75. The Kier molecular flexibility index (Phi) is 3.86. The molecule has 0 bridgehead atoms. The third-order valence-electron chi connectivity index (χ3n) is 3.55. The monoisotopic (exact) mass is 355 g/mol. The number of allylic oxidation sites excluding steroid dienone is 1. The molecule has 0 fully saturated rings. The smallest absolute Gasteiger partial charge is 0.256 e. The summed E-state index contributed by atoms with van der Waals surface area (Å²) >= 11 is 3.41. The lowest BCUT2D eigenvalue weighted by Crippen LogP contribution is -2.22. The molecule has 0 spiro atoms. The molecule has 0 saturated heterocycles. The highest BCUT2D eigenvalue weighted by molar-refractivity contribution is 9.10. The summed E-state index contributed by atoms with van der Waals surface area (Å²) in [5.74, 6) is 0.662. The van der Waals surface area contributed by atoms with Gasteiger partial charge < -0.3 is 4.74 Å². The van der Waals surface area contributed by atoms with Gasteiger partial charge in [0.1, 0.15) is 5.75 Å². The van der Waals surface area contributed by atoms with Crippen LogP contribution in [0.4, 0.5) is 5.69 Å². The Bertz CT molecular complexity index is 761. The standard InChI is InChI=1S/C18H14BrNO2/c1-12-17(13-3-5-14(19)6-4-13)11-18(21)20(12)15-7-9-16(22-2)10-8-15/h3-11H,1H2,2H3. The molecule has 1 heterocycles. The highest BCUT2D eigenvalue weighted by atomic mass is 79.9. The summed E-state index contributed by atoms with van der Waals surface area (Å²) in [5, 5.41) is 0. The summed E-state index contributed by atoms with van der Waals surface area (Å²) in [7, 11) is 1.61. The van der Waals surface area contributed by atoms with Gasteiger partial charge in [0.25, 0.3) is 5.91 Å². The fourth-order valence-corrected chi connectivity index (χ4v) is 2.68. The Balaban J connectivity index is 1.92. The minimum Gasteiger partial charge on any atom is -0.497 e. The lowest BCUT2D eigenvalue weighted by Gasteiger charge is -2.19. The molecule has 1 amide bonds. The Morgan fingerprint density at radius 3 is 2.27 bits per heavy atom. The quantitative estimate of drug-likeness (QED) is 0.816. The van der Waals surface area contributed by atoms with Gasteiger partial charge in [0, 0.05) is 21.8 Å². The third-order valence-corrected chi connectivity index (χ3v) is 4.08. The first-order valence-corrected chi connectivity index (χ1v) is 7.54. The molecule has 0 N–H and O–H groups in total. The Morgan fingerprint density at radius 2 is 1.68 bits per heavy atom. The van der Waals surface area contributed by atoms with Crippen LogP contribution in [0.25, 0.3) is 5.57 Å². The van der Waals surface area contributed by atoms with Gasteiger partial charge in [-0.3, -0.25) is 9.69 Å². The van der Waals surface area contributed by atoms with E-state index >= 15 is 0 Å². The first-order chi connectivity index (χ1) is 10.6. The maximum Gasteiger partial charge on any atom is 0.256 e.